The summed E-state index contributed by atoms with van der Waals surface area (Å²) in [6.07, 6.45) is 7.22. The van der Waals surface area contributed by atoms with E-state index in [2.05, 4.69) is 39.8 Å². The Morgan fingerprint density at radius 1 is 1.00 bits per heavy atom. The van der Waals surface area contributed by atoms with E-state index in [0.717, 1.165) is 18.4 Å². The normalized spacial score (nSPS) is 38.5. The molecule has 0 amide bonds. The van der Waals surface area contributed by atoms with Crippen molar-refractivity contribution in [1.82, 2.24) is 0 Å². The van der Waals surface area contributed by atoms with Crippen LogP contribution >= 0.6 is 0 Å². The summed E-state index contributed by atoms with van der Waals surface area (Å²) in [4.78, 5) is 13.8. The Labute approximate surface area is 177 Å². The fraction of sp³-hybridized carbons (Fsp3) is 0.560. The van der Waals surface area contributed by atoms with Crippen LogP contribution in [0.15, 0.2) is 42.7 Å². The highest BCUT2D eigenvalue weighted by molar-refractivity contribution is 6.22. The third-order valence-corrected chi connectivity index (χ3v) is 7.09. The lowest BCUT2D eigenvalue weighted by atomic mass is 9.62. The van der Waals surface area contributed by atoms with Crippen molar-refractivity contribution in [3.63, 3.8) is 0 Å². The number of hydrogen-bond acceptors (Lipinski definition) is 5. The van der Waals surface area contributed by atoms with Crippen LogP contribution in [0.25, 0.3) is 5.57 Å². The maximum absolute atomic E-state index is 13.8. The number of allylic oxidation sites excluding steroid dienone is 1. The van der Waals surface area contributed by atoms with Crippen LogP contribution in [0.3, 0.4) is 0 Å². The Morgan fingerprint density at radius 3 is 2.47 bits per heavy atom. The molecule has 30 heavy (non-hydrogen) atoms. The largest absolute Gasteiger partial charge is 0.508 e. The van der Waals surface area contributed by atoms with Crippen LogP contribution in [0.5, 0.6) is 5.75 Å². The predicted molar refractivity (Wildman–Crippen MR) is 113 cm³/mol. The van der Waals surface area contributed by atoms with Gasteiger partial charge in [-0.05, 0) is 58.2 Å². The van der Waals surface area contributed by atoms with Gasteiger partial charge in [0.25, 0.3) is 0 Å². The molecular formula is C25H30O5. The number of ether oxygens (including phenoxy) is 3. The Morgan fingerprint density at radius 2 is 1.73 bits per heavy atom. The summed E-state index contributed by atoms with van der Waals surface area (Å²) in [6.45, 7) is 8.34. The van der Waals surface area contributed by atoms with Crippen molar-refractivity contribution in [1.29, 1.82) is 0 Å². The molecule has 6 unspecified atom stereocenters. The number of carbonyl (C=O) groups is 1. The van der Waals surface area contributed by atoms with Gasteiger partial charge in [0.1, 0.15) is 11.9 Å². The first-order valence-electron chi connectivity index (χ1n) is 10.9. The molecule has 6 atom stereocenters. The standard InChI is InChI=1S/C25H30O5/c1-24(2)11-9-16-21(29-24)17-10-12-25(3,4)30-23(17)19-20(27)18(13-28-22(16)19)14-5-7-15(26)8-6-14/h5-9,11,13,16-17,19,21-23,26H,10,12H2,1-4H3. The molecule has 0 aromatic heterocycles. The molecule has 1 aromatic carbocycles. The van der Waals surface area contributed by atoms with E-state index in [1.807, 2.05) is 0 Å². The predicted octanol–water partition coefficient (Wildman–Crippen LogP) is 4.25. The Kier molecular flexibility index (Phi) is 4.42. The summed E-state index contributed by atoms with van der Waals surface area (Å²) in [6, 6.07) is 6.69. The number of fused-ring (bicyclic) bond motifs is 6. The minimum absolute atomic E-state index is 0.0238. The van der Waals surface area contributed by atoms with Gasteiger partial charge in [0, 0.05) is 11.8 Å². The van der Waals surface area contributed by atoms with Gasteiger partial charge >= 0.3 is 0 Å². The molecule has 4 aliphatic rings. The number of phenolic OH excluding ortho intramolecular Hbond substituents is 1. The average molecular weight is 411 g/mol. The molecule has 3 heterocycles. The molecule has 2 fully saturated rings. The molecule has 3 aliphatic heterocycles. The highest BCUT2D eigenvalue weighted by atomic mass is 16.5. The van der Waals surface area contributed by atoms with Crippen molar-refractivity contribution >= 4 is 11.4 Å². The Bertz CT molecular complexity index is 910. The maximum atomic E-state index is 13.8. The lowest BCUT2D eigenvalue weighted by molar-refractivity contribution is -0.247. The lowest BCUT2D eigenvalue weighted by Gasteiger charge is -2.57. The number of Topliss-reactive ketones (excluding diaryl/α,β-unsaturated/α-hetero) is 1. The Balaban J connectivity index is 1.56. The smallest absolute Gasteiger partial charge is 0.175 e. The zero-order chi connectivity index (χ0) is 21.3. The number of ketones is 1. The van der Waals surface area contributed by atoms with Gasteiger partial charge in [-0.25, -0.2) is 0 Å². The first-order chi connectivity index (χ1) is 14.2. The van der Waals surface area contributed by atoms with Gasteiger partial charge in [0.2, 0.25) is 0 Å². The number of rotatable bonds is 1. The van der Waals surface area contributed by atoms with Gasteiger partial charge in [-0.2, -0.15) is 0 Å². The van der Waals surface area contributed by atoms with E-state index in [9.17, 15) is 9.90 Å². The van der Waals surface area contributed by atoms with Gasteiger partial charge in [0.15, 0.2) is 5.78 Å². The van der Waals surface area contributed by atoms with E-state index in [0.29, 0.717) is 5.57 Å². The van der Waals surface area contributed by atoms with Crippen LogP contribution in [0.1, 0.15) is 46.1 Å². The van der Waals surface area contributed by atoms with Crippen LogP contribution in [0.4, 0.5) is 0 Å². The lowest BCUT2D eigenvalue weighted by Crippen LogP contribution is -2.64. The number of phenols is 1. The van der Waals surface area contributed by atoms with Crippen LogP contribution < -0.4 is 0 Å². The zero-order valence-electron chi connectivity index (χ0n) is 18.0. The van der Waals surface area contributed by atoms with Crippen molar-refractivity contribution in [2.45, 2.75) is 70.1 Å². The fourth-order valence-electron chi connectivity index (χ4n) is 5.61. The van der Waals surface area contributed by atoms with Gasteiger partial charge < -0.3 is 19.3 Å². The summed E-state index contributed by atoms with van der Waals surface area (Å²) >= 11 is 0. The second-order valence-electron chi connectivity index (χ2n) is 10.2. The number of carbonyl (C=O) groups excluding carboxylic acids is 1. The third-order valence-electron chi connectivity index (χ3n) is 7.09. The van der Waals surface area contributed by atoms with Crippen molar-refractivity contribution in [2.75, 3.05) is 0 Å². The van der Waals surface area contributed by atoms with Crippen LogP contribution in [-0.4, -0.2) is 40.4 Å². The zero-order valence-corrected chi connectivity index (χ0v) is 18.0. The van der Waals surface area contributed by atoms with Gasteiger partial charge in [0.05, 0.1) is 41.2 Å². The molecule has 1 aliphatic carbocycles. The highest BCUT2D eigenvalue weighted by Gasteiger charge is 2.60. The minimum Gasteiger partial charge on any atom is -0.508 e. The molecule has 0 spiro atoms. The monoisotopic (exact) mass is 410 g/mol. The molecule has 1 N–H and O–H groups in total. The van der Waals surface area contributed by atoms with E-state index in [1.165, 1.54) is 0 Å². The number of hydrogen-bond donors (Lipinski definition) is 1. The summed E-state index contributed by atoms with van der Waals surface area (Å²) in [5.41, 5.74) is 0.679. The fourth-order valence-corrected chi connectivity index (χ4v) is 5.61. The van der Waals surface area contributed by atoms with E-state index in [4.69, 9.17) is 14.2 Å². The van der Waals surface area contributed by atoms with Crippen LogP contribution in [-0.2, 0) is 19.0 Å². The Hall–Kier alpha value is -2.11. The molecule has 5 heteroatoms. The first kappa shape index (κ1) is 19.8. The maximum Gasteiger partial charge on any atom is 0.175 e. The topological polar surface area (TPSA) is 65.0 Å². The number of benzene rings is 1. The molecule has 160 valence electrons. The van der Waals surface area contributed by atoms with E-state index < -0.39 is 0 Å². The summed E-state index contributed by atoms with van der Waals surface area (Å²) in [5, 5.41) is 9.61. The summed E-state index contributed by atoms with van der Waals surface area (Å²) in [7, 11) is 0. The van der Waals surface area contributed by atoms with Gasteiger partial charge in [-0.1, -0.05) is 24.3 Å². The summed E-state index contributed by atoms with van der Waals surface area (Å²) in [5.74, 6) is 0.0303. The van der Waals surface area contributed by atoms with E-state index >= 15 is 0 Å². The van der Waals surface area contributed by atoms with Crippen LogP contribution in [0.2, 0.25) is 0 Å². The molecule has 1 saturated carbocycles. The van der Waals surface area contributed by atoms with Gasteiger partial charge in [-0.15, -0.1) is 0 Å². The van der Waals surface area contributed by atoms with E-state index in [-0.39, 0.29) is 58.8 Å². The van der Waals surface area contributed by atoms with Crippen molar-refractivity contribution in [3.8, 4) is 5.75 Å². The van der Waals surface area contributed by atoms with E-state index in [1.54, 1.807) is 30.5 Å². The molecule has 5 nitrogen and oxygen atoms in total. The second kappa shape index (κ2) is 6.69. The first-order valence-corrected chi connectivity index (χ1v) is 10.9. The molecule has 1 saturated heterocycles. The third kappa shape index (κ3) is 3.19. The number of aromatic hydroxyl groups is 1. The molecular weight excluding hydrogens is 380 g/mol. The van der Waals surface area contributed by atoms with Crippen LogP contribution in [0, 0.1) is 17.8 Å². The minimum atomic E-state index is -0.376. The van der Waals surface area contributed by atoms with Crippen molar-refractivity contribution in [2.24, 2.45) is 17.8 Å². The average Bonchev–Trinajstić information content (AvgIpc) is 2.67. The SMILES string of the molecule is CC1(C)C=CC2C(O1)C1CCC(C)(C)OC1C1C(=O)C(c3ccc(O)cc3)=COC21. The van der Waals surface area contributed by atoms with Crippen molar-refractivity contribution < 1.29 is 24.1 Å². The van der Waals surface area contributed by atoms with Gasteiger partial charge in [-0.3, -0.25) is 4.79 Å². The quantitative estimate of drug-likeness (QED) is 0.701. The molecule has 1 aromatic rings. The summed E-state index contributed by atoms with van der Waals surface area (Å²) < 4.78 is 19.3. The van der Waals surface area contributed by atoms with Crippen molar-refractivity contribution in [3.05, 3.63) is 48.2 Å². The highest BCUT2D eigenvalue weighted by Crippen LogP contribution is 2.52. The molecule has 0 bridgehead atoms. The molecule has 5 rings (SSSR count). The second-order valence-corrected chi connectivity index (χ2v) is 10.2. The molecule has 0 radical (unpaired) electrons.